The summed E-state index contributed by atoms with van der Waals surface area (Å²) in [5.74, 6) is -2.46. The molecule has 4 heterocycles. The summed E-state index contributed by atoms with van der Waals surface area (Å²) < 4.78 is 44.4. The molecule has 1 aromatic carbocycles. The van der Waals surface area contributed by atoms with E-state index in [1.165, 1.54) is 13.2 Å². The molecule has 17 heteroatoms. The van der Waals surface area contributed by atoms with Gasteiger partial charge in [0.05, 0.1) is 32.0 Å². The van der Waals surface area contributed by atoms with Crippen molar-refractivity contribution in [3.63, 3.8) is 0 Å². The summed E-state index contributed by atoms with van der Waals surface area (Å²) in [6, 6.07) is 5.05. The van der Waals surface area contributed by atoms with Gasteiger partial charge < -0.3 is 73.6 Å². The molecular formula is C34H44O17. The van der Waals surface area contributed by atoms with Crippen LogP contribution in [0.2, 0.25) is 0 Å². The smallest absolute Gasteiger partial charge is 0.337 e. The highest BCUT2D eigenvalue weighted by atomic mass is 16.8. The third kappa shape index (κ3) is 8.38. The van der Waals surface area contributed by atoms with Crippen molar-refractivity contribution in [2.24, 2.45) is 11.8 Å². The Balaban J connectivity index is 1.18. The van der Waals surface area contributed by atoms with Crippen LogP contribution < -0.4 is 9.47 Å². The molecule has 14 atom stereocenters. The topological polar surface area (TPSA) is 250 Å². The lowest BCUT2D eigenvalue weighted by molar-refractivity contribution is -0.339. The fourth-order valence-electron chi connectivity index (χ4n) is 6.38. The highest BCUT2D eigenvalue weighted by Gasteiger charge is 2.50. The normalized spacial score (nSPS) is 37.9. The van der Waals surface area contributed by atoms with Crippen LogP contribution in [0.3, 0.4) is 0 Å². The van der Waals surface area contributed by atoms with Crippen molar-refractivity contribution in [2.45, 2.75) is 93.1 Å². The average Bonchev–Trinajstić information content (AvgIpc) is 3.11. The largest absolute Gasteiger partial charge is 0.493 e. The van der Waals surface area contributed by atoms with E-state index in [0.717, 1.165) is 11.8 Å². The van der Waals surface area contributed by atoms with E-state index in [-0.39, 0.29) is 17.7 Å². The van der Waals surface area contributed by atoms with Gasteiger partial charge in [-0.2, -0.15) is 0 Å². The van der Waals surface area contributed by atoms with Crippen LogP contribution in [0.25, 0.3) is 0 Å². The van der Waals surface area contributed by atoms with Crippen molar-refractivity contribution >= 4 is 11.9 Å². The van der Waals surface area contributed by atoms with Crippen LogP contribution >= 0.6 is 0 Å². The van der Waals surface area contributed by atoms with Crippen LogP contribution in [0, 0.1) is 11.8 Å². The molecule has 3 fully saturated rings. The first-order valence-corrected chi connectivity index (χ1v) is 16.3. The number of fused-ring (bicyclic) bond motifs is 1. The van der Waals surface area contributed by atoms with Crippen LogP contribution in [-0.2, 0) is 44.4 Å². The Kier molecular flexibility index (Phi) is 12.7. The van der Waals surface area contributed by atoms with Crippen molar-refractivity contribution < 1.29 is 83.2 Å². The van der Waals surface area contributed by atoms with Gasteiger partial charge in [0, 0.05) is 11.8 Å². The summed E-state index contributed by atoms with van der Waals surface area (Å²) in [6.07, 6.45) is -13.2. The molecule has 17 nitrogen and oxygen atoms in total. The maximum absolute atomic E-state index is 12.9. The highest BCUT2D eigenvalue weighted by Crippen LogP contribution is 2.41. The highest BCUT2D eigenvalue weighted by molar-refractivity contribution is 5.90. The first-order valence-electron chi connectivity index (χ1n) is 16.3. The van der Waals surface area contributed by atoms with Gasteiger partial charge in [-0.25, -0.2) is 4.79 Å². The Morgan fingerprint density at radius 1 is 0.922 bits per heavy atom. The quantitative estimate of drug-likeness (QED) is 0.0888. The van der Waals surface area contributed by atoms with E-state index >= 15 is 0 Å². The van der Waals surface area contributed by atoms with Crippen molar-refractivity contribution in [3.05, 3.63) is 60.9 Å². The minimum absolute atomic E-state index is 0.0953. The molecule has 5 rings (SSSR count). The van der Waals surface area contributed by atoms with E-state index in [9.17, 15) is 45.3 Å². The van der Waals surface area contributed by atoms with Crippen molar-refractivity contribution in [3.8, 4) is 11.5 Å². The van der Waals surface area contributed by atoms with Gasteiger partial charge in [0.25, 0.3) is 0 Å². The molecule has 282 valence electrons. The number of allylic oxidation sites excluding steroid dienone is 1. The van der Waals surface area contributed by atoms with Crippen molar-refractivity contribution in [1.29, 1.82) is 0 Å². The van der Waals surface area contributed by atoms with Crippen LogP contribution in [0.15, 0.2) is 55.3 Å². The van der Waals surface area contributed by atoms with E-state index in [1.807, 2.05) is 0 Å². The Morgan fingerprint density at radius 3 is 2.27 bits per heavy atom. The maximum atomic E-state index is 12.9. The lowest BCUT2D eigenvalue weighted by Gasteiger charge is -2.44. The van der Waals surface area contributed by atoms with Crippen molar-refractivity contribution in [2.75, 3.05) is 20.3 Å². The average molecular weight is 725 g/mol. The number of rotatable bonds is 13. The second-order valence-corrected chi connectivity index (χ2v) is 12.6. The summed E-state index contributed by atoms with van der Waals surface area (Å²) in [7, 11) is 1.43. The zero-order valence-corrected chi connectivity index (χ0v) is 27.7. The SMILES string of the molecule is C=CCc1ccc(O[C@@H]2O[C@H](COC(=O)C[C@H]3C[C@@H]4C(=CO[C@@H](O[C@@H]5O[C@H](CO)[C@@H](O)[C@H](O)[C@H]5O)[C@@H]4C=C)C(=O)O3)[C@@H](O)[C@H](O)[C@H]2O)c(OC)c1. The third-order valence-corrected chi connectivity index (χ3v) is 9.25. The van der Waals surface area contributed by atoms with E-state index in [0.29, 0.717) is 12.2 Å². The van der Waals surface area contributed by atoms with E-state index in [4.69, 9.17) is 37.9 Å². The molecule has 3 saturated heterocycles. The number of carbonyl (C=O) groups is 2. The molecule has 0 spiro atoms. The molecule has 0 amide bonds. The summed E-state index contributed by atoms with van der Waals surface area (Å²) in [6.45, 7) is 6.29. The Bertz CT molecular complexity index is 1430. The fraction of sp³-hybridized carbons (Fsp3) is 0.588. The van der Waals surface area contributed by atoms with Gasteiger partial charge >= 0.3 is 11.9 Å². The van der Waals surface area contributed by atoms with Crippen LogP contribution in [0.1, 0.15) is 18.4 Å². The van der Waals surface area contributed by atoms with Crippen LogP contribution in [0.4, 0.5) is 0 Å². The summed E-state index contributed by atoms with van der Waals surface area (Å²) in [5.41, 5.74) is 1.02. The first kappa shape index (κ1) is 38.6. The van der Waals surface area contributed by atoms with Gasteiger partial charge in [-0.05, 0) is 30.5 Å². The third-order valence-electron chi connectivity index (χ3n) is 9.25. The van der Waals surface area contributed by atoms with Gasteiger partial charge in [0.2, 0.25) is 12.6 Å². The van der Waals surface area contributed by atoms with Gasteiger partial charge in [-0.1, -0.05) is 18.2 Å². The van der Waals surface area contributed by atoms with Gasteiger partial charge in [-0.3, -0.25) is 4.79 Å². The summed E-state index contributed by atoms with van der Waals surface area (Å²) in [4.78, 5) is 25.8. The summed E-state index contributed by atoms with van der Waals surface area (Å²) >= 11 is 0. The predicted octanol–water partition coefficient (Wildman–Crippen LogP) is -1.67. The molecule has 4 aliphatic rings. The van der Waals surface area contributed by atoms with Gasteiger partial charge in [-0.15, -0.1) is 13.2 Å². The monoisotopic (exact) mass is 724 g/mol. The lowest BCUT2D eigenvalue weighted by Crippen LogP contribution is -2.60. The number of methoxy groups -OCH3 is 1. The molecule has 0 aromatic heterocycles. The van der Waals surface area contributed by atoms with Crippen LogP contribution in [0.5, 0.6) is 11.5 Å². The molecule has 51 heavy (non-hydrogen) atoms. The molecule has 0 unspecified atom stereocenters. The number of esters is 2. The zero-order chi connectivity index (χ0) is 37.0. The van der Waals surface area contributed by atoms with E-state index in [2.05, 4.69) is 13.2 Å². The predicted molar refractivity (Wildman–Crippen MR) is 169 cm³/mol. The molecule has 4 aliphatic heterocycles. The number of ether oxygens (including phenoxy) is 8. The minimum atomic E-state index is -1.72. The molecule has 0 saturated carbocycles. The van der Waals surface area contributed by atoms with E-state index in [1.54, 1.807) is 24.3 Å². The minimum Gasteiger partial charge on any atom is -0.493 e. The molecule has 0 aliphatic carbocycles. The number of aliphatic hydroxyl groups is 7. The fourth-order valence-corrected chi connectivity index (χ4v) is 6.38. The Labute approximate surface area is 292 Å². The number of carbonyl (C=O) groups excluding carboxylic acids is 2. The van der Waals surface area contributed by atoms with Gasteiger partial charge in [0.1, 0.15) is 61.5 Å². The molecule has 0 bridgehead atoms. The Morgan fingerprint density at radius 2 is 1.61 bits per heavy atom. The lowest BCUT2D eigenvalue weighted by atomic mass is 9.78. The molecule has 0 radical (unpaired) electrons. The van der Waals surface area contributed by atoms with Gasteiger partial charge in [0.15, 0.2) is 17.8 Å². The molecular weight excluding hydrogens is 680 g/mol. The van der Waals surface area contributed by atoms with Crippen LogP contribution in [-0.4, -0.2) is 142 Å². The maximum Gasteiger partial charge on any atom is 0.337 e. The number of hydrogen-bond acceptors (Lipinski definition) is 17. The Hall–Kier alpha value is -3.62. The second kappa shape index (κ2) is 16.8. The number of hydrogen-bond donors (Lipinski definition) is 7. The standard InChI is InChI=1S/C34H44O17/c1-4-6-15-7-8-20(21(9-15)44-3)48-33-29(41)28(40)26(38)23(50-33)14-45-24(36)11-16-10-18-17(5-2)32(46-13-19(18)31(43)47-16)51-34-30(42)27(39)25(37)22(12-35)49-34/h4-5,7-9,13,16-18,22-23,25-30,32-35,37-42H,1-2,6,10-12,14H2,3H3/t16-,17-,18+,22-,23-,25-,26-,27+,28+,29-,30-,32+,33-,34+/m1/s1. The first-order chi connectivity index (χ1) is 24.4. The number of benzene rings is 1. The second-order valence-electron chi connectivity index (χ2n) is 12.6. The zero-order valence-electron chi connectivity index (χ0n) is 27.7. The molecule has 1 aromatic rings. The number of aliphatic hydroxyl groups excluding tert-OH is 7. The van der Waals surface area contributed by atoms with E-state index < -0.39 is 117 Å². The molecule has 7 N–H and O–H groups in total. The van der Waals surface area contributed by atoms with Crippen molar-refractivity contribution in [1.82, 2.24) is 0 Å². The number of cyclic esters (lactones) is 1. The summed E-state index contributed by atoms with van der Waals surface area (Å²) in [5, 5.41) is 71.8.